The lowest BCUT2D eigenvalue weighted by Gasteiger charge is -2.24. The van der Waals surface area contributed by atoms with Crippen molar-refractivity contribution in [2.45, 2.75) is 32.9 Å². The minimum atomic E-state index is -0.530. The van der Waals surface area contributed by atoms with Gasteiger partial charge >= 0.3 is 6.09 Å². The molecular weight excluding hydrogens is 358 g/mol. The van der Waals surface area contributed by atoms with E-state index in [0.717, 1.165) is 22.5 Å². The Bertz CT molecular complexity index is 827. The summed E-state index contributed by atoms with van der Waals surface area (Å²) in [4.78, 5) is 30.6. The van der Waals surface area contributed by atoms with E-state index < -0.39 is 5.60 Å². The summed E-state index contributed by atoms with van der Waals surface area (Å²) in [5.74, 6) is 0.486. The molecule has 1 aromatic carbocycles. The van der Waals surface area contributed by atoms with Gasteiger partial charge in [-0.05, 0) is 50.6 Å². The van der Waals surface area contributed by atoms with Crippen LogP contribution in [0.25, 0.3) is 11.3 Å². The number of aromatic nitrogens is 1. The number of benzene rings is 1. The molecule has 7 heteroatoms. The zero-order valence-electron chi connectivity index (χ0n) is 17.2. The van der Waals surface area contributed by atoms with Crippen molar-refractivity contribution >= 4 is 18.3 Å². The van der Waals surface area contributed by atoms with Gasteiger partial charge in [-0.25, -0.2) is 4.79 Å². The Labute approximate surface area is 165 Å². The van der Waals surface area contributed by atoms with Crippen molar-refractivity contribution in [1.29, 1.82) is 0 Å². The van der Waals surface area contributed by atoms with Crippen molar-refractivity contribution in [3.05, 3.63) is 42.1 Å². The van der Waals surface area contributed by atoms with Gasteiger partial charge in [-0.2, -0.15) is 0 Å². The van der Waals surface area contributed by atoms with Crippen LogP contribution in [0, 0.1) is 0 Å². The normalized spacial score (nSPS) is 10.9. The van der Waals surface area contributed by atoms with Crippen molar-refractivity contribution in [1.82, 2.24) is 9.88 Å². The van der Waals surface area contributed by atoms with Gasteiger partial charge < -0.3 is 19.3 Å². The lowest BCUT2D eigenvalue weighted by molar-refractivity contribution is -0.120. The summed E-state index contributed by atoms with van der Waals surface area (Å²) < 4.78 is 10.4. The lowest BCUT2D eigenvalue weighted by atomic mass is 10.1. The first-order valence-electron chi connectivity index (χ1n) is 8.92. The molecule has 7 nitrogen and oxygen atoms in total. The Morgan fingerprint density at radius 2 is 1.86 bits per heavy atom. The molecule has 0 bridgehead atoms. The lowest BCUT2D eigenvalue weighted by Crippen LogP contribution is -2.33. The van der Waals surface area contributed by atoms with Crippen molar-refractivity contribution in [2.24, 2.45) is 0 Å². The Balaban J connectivity index is 2.15. The molecule has 0 radical (unpaired) electrons. The van der Waals surface area contributed by atoms with Gasteiger partial charge in [0.2, 0.25) is 0 Å². The Morgan fingerprint density at radius 3 is 2.39 bits per heavy atom. The number of ether oxygens (including phenoxy) is 2. The molecule has 0 atom stereocenters. The van der Waals surface area contributed by atoms with Crippen LogP contribution in [-0.4, -0.2) is 49.2 Å². The molecule has 2 rings (SSSR count). The number of hydrogen-bond acceptors (Lipinski definition) is 6. The third kappa shape index (κ3) is 5.70. The van der Waals surface area contributed by atoms with Gasteiger partial charge in [0.15, 0.2) is 5.75 Å². The predicted octanol–water partition coefficient (Wildman–Crippen LogP) is 3.72. The minimum absolute atomic E-state index is 0.377. The molecule has 0 aliphatic heterocycles. The second-order valence-corrected chi connectivity index (χ2v) is 7.68. The molecule has 0 spiro atoms. The maximum absolute atomic E-state index is 12.1. The first-order valence-corrected chi connectivity index (χ1v) is 8.92. The van der Waals surface area contributed by atoms with E-state index in [2.05, 4.69) is 4.98 Å². The van der Waals surface area contributed by atoms with E-state index in [9.17, 15) is 9.59 Å². The molecule has 1 aromatic heterocycles. The minimum Gasteiger partial charge on any atom is -0.444 e. The topological polar surface area (TPSA) is 72.0 Å². The fourth-order valence-corrected chi connectivity index (χ4v) is 2.54. The first kappa shape index (κ1) is 21.2. The quantitative estimate of drug-likeness (QED) is 0.706. The van der Waals surface area contributed by atoms with Crippen molar-refractivity contribution in [3.63, 3.8) is 0 Å². The smallest absolute Gasteiger partial charge is 0.410 e. The van der Waals surface area contributed by atoms with Crippen LogP contribution in [0.1, 0.15) is 26.3 Å². The van der Waals surface area contributed by atoms with Gasteiger partial charge in [0.25, 0.3) is 6.47 Å². The largest absolute Gasteiger partial charge is 0.444 e. The molecule has 1 heterocycles. The van der Waals surface area contributed by atoms with Gasteiger partial charge in [-0.3, -0.25) is 9.78 Å². The fraction of sp³-hybridized carbons (Fsp3) is 0.381. The molecule has 0 N–H and O–H groups in total. The molecule has 2 aromatic rings. The number of carbonyl (C=O) groups excluding carboxylic acids is 2. The molecule has 0 aliphatic rings. The van der Waals surface area contributed by atoms with Crippen molar-refractivity contribution in [2.75, 3.05) is 26.0 Å². The van der Waals surface area contributed by atoms with Crippen molar-refractivity contribution < 1.29 is 19.1 Å². The Morgan fingerprint density at radius 1 is 1.14 bits per heavy atom. The SMILES string of the molecule is CN(Cc1ccc(-c2ccc(OC=O)c(N(C)C)c2)nc1)C(=O)OC(C)(C)C. The van der Waals surface area contributed by atoms with E-state index in [1.54, 1.807) is 19.3 Å². The van der Waals surface area contributed by atoms with Crippen LogP contribution in [0.15, 0.2) is 36.5 Å². The van der Waals surface area contributed by atoms with Gasteiger partial charge in [0, 0.05) is 32.9 Å². The summed E-state index contributed by atoms with van der Waals surface area (Å²) in [7, 11) is 5.44. The molecule has 1 amide bonds. The fourth-order valence-electron chi connectivity index (χ4n) is 2.54. The summed E-state index contributed by atoms with van der Waals surface area (Å²) in [5.41, 5.74) is 2.82. The van der Waals surface area contributed by atoms with Gasteiger partial charge in [0.1, 0.15) is 5.60 Å². The molecule has 0 saturated heterocycles. The summed E-state index contributed by atoms with van der Waals surface area (Å²) in [5, 5.41) is 0. The number of nitrogens with zero attached hydrogens (tertiary/aromatic N) is 3. The number of hydrogen-bond donors (Lipinski definition) is 0. The second kappa shape index (κ2) is 8.73. The monoisotopic (exact) mass is 385 g/mol. The predicted molar refractivity (Wildman–Crippen MR) is 108 cm³/mol. The third-order valence-corrected chi connectivity index (χ3v) is 3.86. The van der Waals surface area contributed by atoms with Gasteiger partial charge in [-0.15, -0.1) is 0 Å². The van der Waals surface area contributed by atoms with E-state index in [1.165, 1.54) is 4.90 Å². The van der Waals surface area contributed by atoms with E-state index >= 15 is 0 Å². The average Bonchev–Trinajstić information content (AvgIpc) is 2.61. The highest BCUT2D eigenvalue weighted by Crippen LogP contribution is 2.31. The third-order valence-electron chi connectivity index (χ3n) is 3.86. The molecule has 0 saturated carbocycles. The molecule has 0 fully saturated rings. The van der Waals surface area contributed by atoms with Crippen molar-refractivity contribution in [3.8, 4) is 17.0 Å². The number of anilines is 1. The first-order chi connectivity index (χ1) is 13.1. The van der Waals surface area contributed by atoms with Crippen LogP contribution in [-0.2, 0) is 16.1 Å². The highest BCUT2D eigenvalue weighted by Gasteiger charge is 2.19. The van der Waals surface area contributed by atoms with Crippen LogP contribution in [0.3, 0.4) is 0 Å². The maximum Gasteiger partial charge on any atom is 0.410 e. The molecule has 0 aliphatic carbocycles. The summed E-state index contributed by atoms with van der Waals surface area (Å²) in [6.07, 6.45) is 1.36. The second-order valence-electron chi connectivity index (χ2n) is 7.68. The van der Waals surface area contributed by atoms with Crippen LogP contribution in [0.5, 0.6) is 5.75 Å². The van der Waals surface area contributed by atoms with Gasteiger partial charge in [-0.1, -0.05) is 6.07 Å². The number of amides is 1. The summed E-state index contributed by atoms with van der Waals surface area (Å²) in [6, 6.07) is 9.32. The zero-order chi connectivity index (χ0) is 20.9. The number of pyridine rings is 1. The Hall–Kier alpha value is -3.09. The van der Waals surface area contributed by atoms with E-state index in [4.69, 9.17) is 9.47 Å². The van der Waals surface area contributed by atoms with Crippen LogP contribution >= 0.6 is 0 Å². The Kier molecular flexibility index (Phi) is 6.62. The molecule has 28 heavy (non-hydrogen) atoms. The van der Waals surface area contributed by atoms with E-state index in [-0.39, 0.29) is 6.09 Å². The molecular formula is C21H27N3O4. The van der Waals surface area contributed by atoms with E-state index in [0.29, 0.717) is 18.8 Å². The summed E-state index contributed by atoms with van der Waals surface area (Å²) in [6.45, 7) is 6.32. The van der Waals surface area contributed by atoms with Crippen LogP contribution in [0.4, 0.5) is 10.5 Å². The summed E-state index contributed by atoms with van der Waals surface area (Å²) >= 11 is 0. The standard InChI is InChI=1S/C21H27N3O4/c1-21(2,3)28-20(26)24(6)13-15-7-9-17(22-12-15)16-8-10-19(27-14-25)18(11-16)23(4)5/h7-12,14H,13H2,1-6H3. The zero-order valence-corrected chi connectivity index (χ0v) is 17.2. The van der Waals surface area contributed by atoms with Crippen LogP contribution in [0.2, 0.25) is 0 Å². The van der Waals surface area contributed by atoms with Gasteiger partial charge in [0.05, 0.1) is 17.9 Å². The number of carbonyl (C=O) groups is 2. The average molecular weight is 385 g/mol. The highest BCUT2D eigenvalue weighted by atomic mass is 16.6. The molecule has 0 unspecified atom stereocenters. The number of rotatable bonds is 6. The van der Waals surface area contributed by atoms with E-state index in [1.807, 2.05) is 64.0 Å². The highest BCUT2D eigenvalue weighted by molar-refractivity contribution is 5.72. The molecule has 150 valence electrons. The maximum atomic E-state index is 12.1. The van der Waals surface area contributed by atoms with Crippen LogP contribution < -0.4 is 9.64 Å².